The number of carbonyl (C=O) groups is 2. The molecule has 1 unspecified atom stereocenters. The van der Waals surface area contributed by atoms with Gasteiger partial charge >= 0.3 is 18.2 Å². The highest BCUT2D eigenvalue weighted by Crippen LogP contribution is 2.24. The molecule has 0 heterocycles. The summed E-state index contributed by atoms with van der Waals surface area (Å²) in [6, 6.07) is 0.912. The number of hydrogen-bond donors (Lipinski definition) is 1. The van der Waals surface area contributed by atoms with Crippen LogP contribution in [0.2, 0.25) is 0 Å². The molecule has 0 saturated heterocycles. The fourth-order valence-corrected chi connectivity index (χ4v) is 1.49. The number of carbonyl (C=O) groups excluding carboxylic acids is 2. The highest BCUT2D eigenvalue weighted by molar-refractivity contribution is 5.96. The standard InChI is InChI=1S/C15H12F5NO4/c1-3-24-14(23)25-8(2)4-5-9-6-10(16)7-11(17)12(9)21-13(22)15(18,19)20/h6-8H,3H2,1-2H3,(H,21,22). The van der Waals surface area contributed by atoms with Gasteiger partial charge < -0.3 is 14.8 Å². The van der Waals surface area contributed by atoms with Gasteiger partial charge in [0.2, 0.25) is 0 Å². The molecule has 1 N–H and O–H groups in total. The highest BCUT2D eigenvalue weighted by Gasteiger charge is 2.39. The third kappa shape index (κ3) is 6.29. The van der Waals surface area contributed by atoms with Crippen molar-refractivity contribution in [2.24, 2.45) is 0 Å². The summed E-state index contributed by atoms with van der Waals surface area (Å²) < 4.78 is 73.0. The largest absolute Gasteiger partial charge is 0.509 e. The molecule has 1 amide bonds. The molecule has 0 spiro atoms. The minimum atomic E-state index is -5.27. The van der Waals surface area contributed by atoms with Crippen molar-refractivity contribution in [3.8, 4) is 11.8 Å². The van der Waals surface area contributed by atoms with E-state index in [2.05, 4.69) is 21.3 Å². The topological polar surface area (TPSA) is 64.6 Å². The molecule has 10 heteroatoms. The molecule has 0 bridgehead atoms. The van der Waals surface area contributed by atoms with Crippen molar-refractivity contribution in [3.63, 3.8) is 0 Å². The minimum absolute atomic E-state index is 0.0434. The van der Waals surface area contributed by atoms with E-state index in [4.69, 9.17) is 0 Å². The smallest absolute Gasteiger partial charge is 0.435 e. The number of nitrogens with one attached hydrogen (secondary N) is 1. The number of halogens is 5. The van der Waals surface area contributed by atoms with Crippen LogP contribution in [0.15, 0.2) is 12.1 Å². The Kier molecular flexibility index (Phi) is 6.73. The van der Waals surface area contributed by atoms with Crippen molar-refractivity contribution >= 4 is 17.7 Å². The number of benzene rings is 1. The van der Waals surface area contributed by atoms with Crippen molar-refractivity contribution < 1.29 is 41.0 Å². The van der Waals surface area contributed by atoms with E-state index in [-0.39, 0.29) is 12.7 Å². The van der Waals surface area contributed by atoms with E-state index in [9.17, 15) is 31.5 Å². The summed E-state index contributed by atoms with van der Waals surface area (Å²) in [5, 5.41) is 1.29. The Morgan fingerprint density at radius 3 is 2.48 bits per heavy atom. The zero-order valence-corrected chi connectivity index (χ0v) is 13.0. The van der Waals surface area contributed by atoms with Gasteiger partial charge in [-0.1, -0.05) is 11.8 Å². The second-order valence-electron chi connectivity index (χ2n) is 4.47. The normalized spacial score (nSPS) is 11.8. The lowest BCUT2D eigenvalue weighted by atomic mass is 10.1. The molecular weight excluding hydrogens is 353 g/mol. The predicted molar refractivity (Wildman–Crippen MR) is 75.5 cm³/mol. The van der Waals surface area contributed by atoms with E-state index in [0.29, 0.717) is 6.07 Å². The zero-order chi connectivity index (χ0) is 19.2. The van der Waals surface area contributed by atoms with Crippen molar-refractivity contribution in [1.29, 1.82) is 0 Å². The van der Waals surface area contributed by atoms with E-state index >= 15 is 0 Å². The molecule has 1 aromatic rings. The van der Waals surface area contributed by atoms with Gasteiger partial charge in [0.25, 0.3) is 0 Å². The Balaban J connectivity index is 3.09. The molecule has 0 aromatic heterocycles. The molecule has 1 rings (SSSR count). The monoisotopic (exact) mass is 365 g/mol. The van der Waals surface area contributed by atoms with Crippen LogP contribution in [0.25, 0.3) is 0 Å². The van der Waals surface area contributed by atoms with E-state index in [1.54, 1.807) is 0 Å². The van der Waals surface area contributed by atoms with Gasteiger partial charge in [0.1, 0.15) is 5.82 Å². The molecule has 5 nitrogen and oxygen atoms in total. The van der Waals surface area contributed by atoms with Gasteiger partial charge in [-0.05, 0) is 19.9 Å². The van der Waals surface area contributed by atoms with Crippen molar-refractivity contribution in [2.45, 2.75) is 26.1 Å². The summed E-state index contributed by atoms with van der Waals surface area (Å²) in [5.41, 5.74) is -1.51. The first-order valence-corrected chi connectivity index (χ1v) is 6.76. The van der Waals surface area contributed by atoms with Gasteiger partial charge in [0, 0.05) is 6.07 Å². The van der Waals surface area contributed by atoms with Crippen LogP contribution in [0.1, 0.15) is 19.4 Å². The first kappa shape index (κ1) is 20.2. The molecule has 136 valence electrons. The highest BCUT2D eigenvalue weighted by atomic mass is 19.4. The fourth-order valence-electron chi connectivity index (χ4n) is 1.49. The van der Waals surface area contributed by atoms with E-state index < -0.39 is 47.2 Å². The second-order valence-corrected chi connectivity index (χ2v) is 4.47. The van der Waals surface area contributed by atoms with Crippen LogP contribution in [0, 0.1) is 23.5 Å². The maximum atomic E-state index is 13.7. The quantitative estimate of drug-likeness (QED) is 0.507. The molecule has 0 aliphatic heterocycles. The average molecular weight is 365 g/mol. The Bertz CT molecular complexity index is 721. The maximum absolute atomic E-state index is 13.7. The molecule has 0 saturated carbocycles. The molecule has 1 atom stereocenters. The first-order valence-electron chi connectivity index (χ1n) is 6.76. The molecule has 0 aliphatic rings. The number of ether oxygens (including phenoxy) is 2. The van der Waals surface area contributed by atoms with Crippen LogP contribution in [-0.4, -0.2) is 30.9 Å². The van der Waals surface area contributed by atoms with Crippen molar-refractivity contribution in [3.05, 3.63) is 29.3 Å². The minimum Gasteiger partial charge on any atom is -0.435 e. The van der Waals surface area contributed by atoms with Crippen molar-refractivity contribution in [2.75, 3.05) is 11.9 Å². The third-order valence-corrected chi connectivity index (χ3v) is 2.50. The van der Waals surface area contributed by atoms with Crippen LogP contribution in [-0.2, 0) is 14.3 Å². The van der Waals surface area contributed by atoms with Crippen LogP contribution in [0.4, 0.5) is 32.4 Å². The molecule has 25 heavy (non-hydrogen) atoms. The Morgan fingerprint density at radius 1 is 1.28 bits per heavy atom. The number of hydrogen-bond acceptors (Lipinski definition) is 4. The lowest BCUT2D eigenvalue weighted by Crippen LogP contribution is -2.30. The van der Waals surface area contributed by atoms with E-state index in [1.165, 1.54) is 19.2 Å². The van der Waals surface area contributed by atoms with Crippen LogP contribution >= 0.6 is 0 Å². The first-order chi connectivity index (χ1) is 11.5. The van der Waals surface area contributed by atoms with E-state index in [1.807, 2.05) is 0 Å². The second kappa shape index (κ2) is 8.32. The van der Waals surface area contributed by atoms with E-state index in [0.717, 1.165) is 0 Å². The summed E-state index contributed by atoms with van der Waals surface area (Å²) in [6.45, 7) is 2.87. The number of amides is 1. The van der Waals surface area contributed by atoms with Crippen LogP contribution in [0.5, 0.6) is 0 Å². The SMILES string of the molecule is CCOC(=O)OC(C)C#Cc1cc(F)cc(F)c1NC(=O)C(F)(F)F. The van der Waals surface area contributed by atoms with Gasteiger partial charge in [-0.3, -0.25) is 4.79 Å². The number of rotatable bonds is 3. The zero-order valence-electron chi connectivity index (χ0n) is 13.0. The Labute approximate surface area is 139 Å². The Morgan fingerprint density at radius 2 is 1.92 bits per heavy atom. The van der Waals surface area contributed by atoms with Gasteiger partial charge in [-0.15, -0.1) is 0 Å². The lowest BCUT2D eigenvalue weighted by molar-refractivity contribution is -0.167. The molecular formula is C15H12F5NO4. The average Bonchev–Trinajstić information content (AvgIpc) is 2.47. The maximum Gasteiger partial charge on any atom is 0.509 e. The molecule has 0 fully saturated rings. The predicted octanol–water partition coefficient (Wildman–Crippen LogP) is 3.38. The summed E-state index contributed by atoms with van der Waals surface area (Å²) in [6.07, 6.45) is -7.40. The summed E-state index contributed by atoms with van der Waals surface area (Å²) in [5.74, 6) is -0.600. The lowest BCUT2D eigenvalue weighted by Gasteiger charge is -2.11. The van der Waals surface area contributed by atoms with Gasteiger partial charge in [-0.2, -0.15) is 13.2 Å². The summed E-state index contributed by atoms with van der Waals surface area (Å²) in [4.78, 5) is 22.0. The van der Waals surface area contributed by atoms with Gasteiger partial charge in [0.05, 0.1) is 17.9 Å². The molecule has 1 aromatic carbocycles. The van der Waals surface area contributed by atoms with Gasteiger partial charge in [0.15, 0.2) is 11.9 Å². The summed E-state index contributed by atoms with van der Waals surface area (Å²) in [7, 11) is 0. The number of alkyl halides is 3. The molecule has 0 aliphatic carbocycles. The Hall–Kier alpha value is -2.83. The van der Waals surface area contributed by atoms with Crippen LogP contribution in [0.3, 0.4) is 0 Å². The fraction of sp³-hybridized carbons (Fsp3) is 0.333. The van der Waals surface area contributed by atoms with Crippen molar-refractivity contribution in [1.82, 2.24) is 0 Å². The third-order valence-electron chi connectivity index (χ3n) is 2.50. The summed E-state index contributed by atoms with van der Waals surface area (Å²) >= 11 is 0. The van der Waals surface area contributed by atoms with Gasteiger partial charge in [-0.25, -0.2) is 13.6 Å². The van der Waals surface area contributed by atoms with Crippen LogP contribution < -0.4 is 5.32 Å². The molecule has 0 radical (unpaired) electrons. The number of anilines is 1.